The average Bonchev–Trinajstić information content (AvgIpc) is 2.46. The number of carboxylic acids is 1. The van der Waals surface area contributed by atoms with E-state index >= 15 is 0 Å². The standard InChI is InChI=1S/C15H18BNO6/c17-13(19)6-2-4-11(18)8-10-7-9-3-1-5-12(15(20)21)14(9)23-16(10)22/h1,3,5,10,22H,2,4,6-8H2,(H2,17,19)(H,20,21)/t10-/m1/s1. The van der Waals surface area contributed by atoms with Crippen molar-refractivity contribution in [3.8, 4) is 5.75 Å². The lowest BCUT2D eigenvalue weighted by Crippen LogP contribution is -2.35. The summed E-state index contributed by atoms with van der Waals surface area (Å²) in [7, 11) is -1.23. The number of benzene rings is 1. The molecule has 1 aromatic rings. The minimum absolute atomic E-state index is 0.00668. The van der Waals surface area contributed by atoms with Crippen molar-refractivity contribution >= 4 is 24.8 Å². The molecule has 0 spiro atoms. The highest BCUT2D eigenvalue weighted by atomic mass is 16.5. The summed E-state index contributed by atoms with van der Waals surface area (Å²) in [5.74, 6) is -1.95. The smallest absolute Gasteiger partial charge is 0.526 e. The van der Waals surface area contributed by atoms with Crippen LogP contribution in [0.5, 0.6) is 5.75 Å². The van der Waals surface area contributed by atoms with Gasteiger partial charge in [-0.1, -0.05) is 12.1 Å². The Bertz CT molecular complexity index is 632. The average molecular weight is 319 g/mol. The fourth-order valence-electron chi connectivity index (χ4n) is 2.68. The molecule has 1 aliphatic heterocycles. The van der Waals surface area contributed by atoms with Crippen LogP contribution in [0, 0.1) is 0 Å². The summed E-state index contributed by atoms with van der Waals surface area (Å²) in [4.78, 5) is 33.7. The Morgan fingerprint density at radius 3 is 2.70 bits per heavy atom. The molecule has 0 aromatic heterocycles. The summed E-state index contributed by atoms with van der Waals surface area (Å²) in [6, 6.07) is 4.73. The number of nitrogens with two attached hydrogens (primary N) is 1. The van der Waals surface area contributed by atoms with Gasteiger partial charge in [-0.25, -0.2) is 4.79 Å². The van der Waals surface area contributed by atoms with Gasteiger partial charge < -0.3 is 20.5 Å². The van der Waals surface area contributed by atoms with E-state index in [4.69, 9.17) is 15.5 Å². The predicted octanol–water partition coefficient (Wildman–Crippen LogP) is 0.785. The van der Waals surface area contributed by atoms with Crippen molar-refractivity contribution < 1.29 is 29.2 Å². The lowest BCUT2D eigenvalue weighted by Gasteiger charge is -2.28. The summed E-state index contributed by atoms with van der Waals surface area (Å²) < 4.78 is 5.33. The van der Waals surface area contributed by atoms with Gasteiger partial charge in [0.15, 0.2) is 0 Å². The third kappa shape index (κ3) is 4.32. The molecule has 0 aliphatic carbocycles. The highest BCUT2D eigenvalue weighted by Gasteiger charge is 2.37. The summed E-state index contributed by atoms with van der Waals surface area (Å²) in [6.45, 7) is 0. The van der Waals surface area contributed by atoms with Gasteiger partial charge in [0.2, 0.25) is 5.91 Å². The van der Waals surface area contributed by atoms with Crippen LogP contribution < -0.4 is 10.4 Å². The molecule has 8 heteroatoms. The normalized spacial score (nSPS) is 16.4. The van der Waals surface area contributed by atoms with Gasteiger partial charge >= 0.3 is 13.1 Å². The monoisotopic (exact) mass is 319 g/mol. The van der Waals surface area contributed by atoms with Crippen LogP contribution >= 0.6 is 0 Å². The Balaban J connectivity index is 2.01. The first-order valence-corrected chi connectivity index (χ1v) is 7.38. The summed E-state index contributed by atoms with van der Waals surface area (Å²) in [6.07, 6.45) is 1.22. The van der Waals surface area contributed by atoms with Crippen LogP contribution in [0.2, 0.25) is 5.82 Å². The number of hydrogen-bond donors (Lipinski definition) is 3. The van der Waals surface area contributed by atoms with Gasteiger partial charge in [-0.3, -0.25) is 9.59 Å². The molecule has 0 unspecified atom stereocenters. The molecule has 1 amide bonds. The topological polar surface area (TPSA) is 127 Å². The molecule has 1 aromatic carbocycles. The highest BCUT2D eigenvalue weighted by Crippen LogP contribution is 2.36. The first kappa shape index (κ1) is 17.0. The number of Topliss-reactive ketones (excluding diaryl/α,β-unsaturated/α-hetero) is 1. The molecule has 1 atom stereocenters. The Morgan fingerprint density at radius 1 is 1.30 bits per heavy atom. The molecule has 0 radical (unpaired) electrons. The molecule has 4 N–H and O–H groups in total. The lowest BCUT2D eigenvalue weighted by atomic mass is 9.64. The third-order valence-electron chi connectivity index (χ3n) is 3.82. The quantitative estimate of drug-likeness (QED) is 0.638. The van der Waals surface area contributed by atoms with Gasteiger partial charge in [0.25, 0.3) is 0 Å². The number of aromatic carboxylic acids is 1. The van der Waals surface area contributed by atoms with Crippen LogP contribution in [0.1, 0.15) is 41.6 Å². The van der Waals surface area contributed by atoms with E-state index in [0.717, 1.165) is 0 Å². The maximum absolute atomic E-state index is 11.9. The van der Waals surface area contributed by atoms with E-state index in [1.54, 1.807) is 12.1 Å². The van der Waals surface area contributed by atoms with Crippen LogP contribution in [-0.4, -0.2) is 34.9 Å². The van der Waals surface area contributed by atoms with Crippen molar-refractivity contribution in [2.45, 2.75) is 37.9 Å². The molecule has 2 rings (SSSR count). The number of fused-ring (bicyclic) bond motifs is 1. The minimum Gasteiger partial charge on any atom is -0.535 e. The molecule has 122 valence electrons. The van der Waals surface area contributed by atoms with Crippen molar-refractivity contribution in [2.75, 3.05) is 0 Å². The van der Waals surface area contributed by atoms with Gasteiger partial charge in [0, 0.05) is 25.1 Å². The Labute approximate surface area is 133 Å². The van der Waals surface area contributed by atoms with Crippen molar-refractivity contribution in [1.82, 2.24) is 0 Å². The van der Waals surface area contributed by atoms with Gasteiger partial charge in [0.05, 0.1) is 5.56 Å². The zero-order chi connectivity index (χ0) is 17.0. The number of carboxylic acid groups (broad SMARTS) is 1. The SMILES string of the molecule is NC(=O)CCCC(=O)C[C@H]1Cc2cccc(C(=O)O)c2OB1O. The second-order valence-electron chi connectivity index (χ2n) is 5.63. The minimum atomic E-state index is -1.23. The summed E-state index contributed by atoms with van der Waals surface area (Å²) in [5, 5.41) is 19.2. The van der Waals surface area contributed by atoms with Crippen molar-refractivity contribution in [3.63, 3.8) is 0 Å². The van der Waals surface area contributed by atoms with Crippen LogP contribution in [0.3, 0.4) is 0 Å². The van der Waals surface area contributed by atoms with E-state index in [2.05, 4.69) is 0 Å². The number of primary amides is 1. The number of hydrogen-bond acceptors (Lipinski definition) is 5. The Kier molecular flexibility index (Phi) is 5.38. The van der Waals surface area contributed by atoms with Crippen molar-refractivity contribution in [3.05, 3.63) is 29.3 Å². The van der Waals surface area contributed by atoms with Crippen LogP contribution in [0.15, 0.2) is 18.2 Å². The number of carbonyl (C=O) groups excluding carboxylic acids is 2. The van der Waals surface area contributed by atoms with Gasteiger partial charge in [-0.05, 0) is 24.5 Å². The Morgan fingerprint density at radius 2 is 2.04 bits per heavy atom. The molecule has 1 heterocycles. The molecule has 0 saturated carbocycles. The summed E-state index contributed by atoms with van der Waals surface area (Å²) in [5.41, 5.74) is 5.67. The van der Waals surface area contributed by atoms with Crippen molar-refractivity contribution in [1.29, 1.82) is 0 Å². The van der Waals surface area contributed by atoms with Gasteiger partial charge in [0.1, 0.15) is 11.5 Å². The van der Waals surface area contributed by atoms with E-state index in [0.29, 0.717) is 18.4 Å². The molecule has 1 aliphatic rings. The molecule has 0 fully saturated rings. The summed E-state index contributed by atoms with van der Waals surface area (Å²) >= 11 is 0. The molecular formula is C15H18BNO6. The van der Waals surface area contributed by atoms with E-state index in [1.165, 1.54) is 6.07 Å². The number of para-hydroxylation sites is 1. The number of rotatable bonds is 7. The fourth-order valence-corrected chi connectivity index (χ4v) is 2.68. The zero-order valence-electron chi connectivity index (χ0n) is 12.5. The van der Waals surface area contributed by atoms with Gasteiger partial charge in [-0.15, -0.1) is 0 Å². The maximum Gasteiger partial charge on any atom is 0.526 e. The third-order valence-corrected chi connectivity index (χ3v) is 3.82. The lowest BCUT2D eigenvalue weighted by molar-refractivity contribution is -0.120. The molecule has 0 saturated heterocycles. The number of carbonyl (C=O) groups is 3. The maximum atomic E-state index is 11.9. The first-order chi connectivity index (χ1) is 10.9. The second-order valence-corrected chi connectivity index (χ2v) is 5.63. The van der Waals surface area contributed by atoms with E-state index in [9.17, 15) is 19.4 Å². The first-order valence-electron chi connectivity index (χ1n) is 7.38. The van der Waals surface area contributed by atoms with E-state index in [-0.39, 0.29) is 36.4 Å². The van der Waals surface area contributed by atoms with Gasteiger partial charge in [-0.2, -0.15) is 0 Å². The van der Waals surface area contributed by atoms with E-state index < -0.39 is 24.8 Å². The van der Waals surface area contributed by atoms with Crippen LogP contribution in [0.4, 0.5) is 0 Å². The van der Waals surface area contributed by atoms with Crippen LogP contribution in [-0.2, 0) is 16.0 Å². The molecule has 7 nitrogen and oxygen atoms in total. The number of amides is 1. The Hall–Kier alpha value is -2.35. The van der Waals surface area contributed by atoms with E-state index in [1.807, 2.05) is 0 Å². The van der Waals surface area contributed by atoms with Crippen molar-refractivity contribution in [2.24, 2.45) is 5.73 Å². The zero-order valence-corrected chi connectivity index (χ0v) is 12.5. The molecular weight excluding hydrogens is 301 g/mol. The fraction of sp³-hybridized carbons (Fsp3) is 0.400. The predicted molar refractivity (Wildman–Crippen MR) is 82.1 cm³/mol. The molecule has 0 bridgehead atoms. The molecule has 23 heavy (non-hydrogen) atoms. The largest absolute Gasteiger partial charge is 0.535 e. The number of ketones is 1. The highest BCUT2D eigenvalue weighted by molar-refractivity contribution is 6.47. The van der Waals surface area contributed by atoms with Crippen LogP contribution in [0.25, 0.3) is 0 Å². The second kappa shape index (κ2) is 7.28.